The molecule has 0 saturated carbocycles. The molecule has 100 valence electrons. The van der Waals surface area contributed by atoms with Crippen molar-refractivity contribution in [3.8, 4) is 0 Å². The molecule has 0 bridgehead atoms. The van der Waals surface area contributed by atoms with E-state index in [2.05, 4.69) is 21.2 Å². The molecular weight excluding hydrogens is 302 g/mol. The molecule has 0 fully saturated rings. The predicted octanol–water partition coefficient (Wildman–Crippen LogP) is 2.23. The number of hydrogen-bond donors (Lipinski definition) is 1. The smallest absolute Gasteiger partial charge is 0.287 e. The monoisotopic (exact) mass is 317 g/mol. The Morgan fingerprint density at radius 2 is 2.33 bits per heavy atom. The largest absolute Gasteiger partial charge is 0.348 e. The molecule has 1 atom stereocenters. The van der Waals surface area contributed by atoms with Gasteiger partial charge >= 0.3 is 0 Å². The summed E-state index contributed by atoms with van der Waals surface area (Å²) in [6, 6.07) is 1.33. The van der Waals surface area contributed by atoms with Crippen molar-refractivity contribution in [3.63, 3.8) is 0 Å². The van der Waals surface area contributed by atoms with Gasteiger partial charge in [-0.15, -0.1) is 0 Å². The number of hydrogen-bond acceptors (Lipinski definition) is 3. The van der Waals surface area contributed by atoms with Gasteiger partial charge in [-0.25, -0.2) is 0 Å². The molecule has 7 heteroatoms. The molecule has 1 unspecified atom stereocenters. The van der Waals surface area contributed by atoms with Gasteiger partial charge in [-0.05, 0) is 19.8 Å². The van der Waals surface area contributed by atoms with Crippen molar-refractivity contribution in [2.24, 2.45) is 7.05 Å². The van der Waals surface area contributed by atoms with Crippen molar-refractivity contribution < 1.29 is 9.72 Å². The second-order valence-corrected chi connectivity index (χ2v) is 4.95. The Hall–Kier alpha value is -1.37. The van der Waals surface area contributed by atoms with Gasteiger partial charge in [0.25, 0.3) is 11.6 Å². The van der Waals surface area contributed by atoms with Gasteiger partial charge in [0, 0.05) is 24.5 Å². The summed E-state index contributed by atoms with van der Waals surface area (Å²) < 4.78 is 1.46. The molecule has 0 aromatic carbocycles. The molecular formula is C11H16BrN3O3. The average Bonchev–Trinajstić information content (AvgIpc) is 2.68. The quantitative estimate of drug-likeness (QED) is 0.496. The van der Waals surface area contributed by atoms with Crippen LogP contribution in [0.15, 0.2) is 12.3 Å². The molecule has 0 aliphatic rings. The van der Waals surface area contributed by atoms with Crippen LogP contribution in [0.1, 0.15) is 30.3 Å². The summed E-state index contributed by atoms with van der Waals surface area (Å²) >= 11 is 3.33. The van der Waals surface area contributed by atoms with Crippen LogP contribution in [0.3, 0.4) is 0 Å². The Balaban J connectivity index is 2.69. The van der Waals surface area contributed by atoms with E-state index in [0.29, 0.717) is 5.69 Å². The number of aryl methyl sites for hydroxylation is 1. The summed E-state index contributed by atoms with van der Waals surface area (Å²) in [7, 11) is 1.62. The van der Waals surface area contributed by atoms with E-state index in [1.807, 2.05) is 6.92 Å². The Morgan fingerprint density at radius 3 is 2.83 bits per heavy atom. The lowest BCUT2D eigenvalue weighted by atomic mass is 10.2. The van der Waals surface area contributed by atoms with Crippen molar-refractivity contribution >= 4 is 27.5 Å². The van der Waals surface area contributed by atoms with Crippen molar-refractivity contribution in [1.29, 1.82) is 0 Å². The third-order valence-electron chi connectivity index (χ3n) is 2.58. The van der Waals surface area contributed by atoms with Crippen LogP contribution in [0.5, 0.6) is 0 Å². The van der Waals surface area contributed by atoms with Gasteiger partial charge in [0.15, 0.2) is 0 Å². The van der Waals surface area contributed by atoms with Crippen LogP contribution in [0.2, 0.25) is 0 Å². The van der Waals surface area contributed by atoms with E-state index in [9.17, 15) is 14.9 Å². The van der Waals surface area contributed by atoms with Gasteiger partial charge in [0.05, 0.1) is 11.1 Å². The van der Waals surface area contributed by atoms with E-state index >= 15 is 0 Å². The molecule has 1 aromatic heterocycles. The normalized spacial score (nSPS) is 12.2. The molecule has 6 nitrogen and oxygen atoms in total. The second kappa shape index (κ2) is 6.53. The Kier molecular flexibility index (Phi) is 5.33. The second-order valence-electron chi connectivity index (χ2n) is 4.16. The number of carbonyl (C=O) groups is 1. The fourth-order valence-electron chi connectivity index (χ4n) is 1.63. The van der Waals surface area contributed by atoms with Crippen LogP contribution in [0, 0.1) is 10.1 Å². The fraction of sp³-hybridized carbons (Fsp3) is 0.545. The maximum Gasteiger partial charge on any atom is 0.287 e. The van der Waals surface area contributed by atoms with Gasteiger partial charge in [-0.1, -0.05) is 15.9 Å². The average molecular weight is 318 g/mol. The van der Waals surface area contributed by atoms with Crippen LogP contribution in [-0.4, -0.2) is 26.8 Å². The molecule has 1 amide bonds. The number of rotatable bonds is 6. The minimum Gasteiger partial charge on any atom is -0.348 e. The van der Waals surface area contributed by atoms with Gasteiger partial charge in [-0.2, -0.15) is 0 Å². The Labute approximate surface area is 114 Å². The lowest BCUT2D eigenvalue weighted by Crippen LogP contribution is -2.33. The molecule has 0 aliphatic heterocycles. The van der Waals surface area contributed by atoms with E-state index < -0.39 is 4.92 Å². The van der Waals surface area contributed by atoms with Crippen LogP contribution in [0.25, 0.3) is 0 Å². The first-order valence-electron chi connectivity index (χ1n) is 5.63. The van der Waals surface area contributed by atoms with Gasteiger partial charge in [0.1, 0.15) is 5.69 Å². The molecule has 1 rings (SSSR count). The minimum absolute atomic E-state index is 0.0454. The minimum atomic E-state index is -0.509. The number of alkyl halides is 1. The van der Waals surface area contributed by atoms with Gasteiger partial charge in [-0.3, -0.25) is 14.9 Å². The molecule has 1 aromatic rings. The van der Waals surface area contributed by atoms with Crippen molar-refractivity contribution in [3.05, 3.63) is 28.1 Å². The number of aromatic nitrogens is 1. The number of carbonyl (C=O) groups excluding carboxylic acids is 1. The van der Waals surface area contributed by atoms with Crippen molar-refractivity contribution in [1.82, 2.24) is 9.88 Å². The Morgan fingerprint density at radius 1 is 1.67 bits per heavy atom. The van der Waals surface area contributed by atoms with Crippen LogP contribution in [0.4, 0.5) is 5.69 Å². The molecule has 18 heavy (non-hydrogen) atoms. The predicted molar refractivity (Wildman–Crippen MR) is 72.0 cm³/mol. The Bertz CT molecular complexity index is 445. The van der Waals surface area contributed by atoms with E-state index in [0.717, 1.165) is 18.2 Å². The van der Waals surface area contributed by atoms with E-state index in [1.54, 1.807) is 7.05 Å². The summed E-state index contributed by atoms with van der Waals surface area (Å²) in [6.45, 7) is 1.91. The standard InChI is InChI=1S/C11H16BrN3O3/c1-8(4-3-5-12)13-11(16)10-6-9(15(17)18)7-14(10)2/h6-8H,3-5H2,1-2H3,(H,13,16). The van der Waals surface area contributed by atoms with E-state index in [4.69, 9.17) is 0 Å². The zero-order valence-corrected chi connectivity index (χ0v) is 11.9. The first kappa shape index (κ1) is 14.7. The van der Waals surface area contributed by atoms with E-state index in [1.165, 1.54) is 16.8 Å². The highest BCUT2D eigenvalue weighted by Crippen LogP contribution is 2.15. The highest BCUT2D eigenvalue weighted by molar-refractivity contribution is 9.09. The lowest BCUT2D eigenvalue weighted by molar-refractivity contribution is -0.384. The summed E-state index contributed by atoms with van der Waals surface area (Å²) in [5.41, 5.74) is 0.225. The van der Waals surface area contributed by atoms with Crippen LogP contribution < -0.4 is 5.32 Å². The highest BCUT2D eigenvalue weighted by Gasteiger charge is 2.18. The lowest BCUT2D eigenvalue weighted by Gasteiger charge is -2.13. The molecule has 1 N–H and O–H groups in total. The zero-order valence-electron chi connectivity index (χ0n) is 10.4. The van der Waals surface area contributed by atoms with E-state index in [-0.39, 0.29) is 17.6 Å². The SMILES string of the molecule is CC(CCCBr)NC(=O)c1cc([N+](=O)[O-])cn1C. The molecule has 0 spiro atoms. The summed E-state index contributed by atoms with van der Waals surface area (Å²) in [6.07, 6.45) is 3.16. The third-order valence-corrected chi connectivity index (χ3v) is 3.14. The molecule has 1 heterocycles. The van der Waals surface area contributed by atoms with Gasteiger partial charge in [0.2, 0.25) is 0 Å². The van der Waals surface area contributed by atoms with Crippen molar-refractivity contribution in [2.75, 3.05) is 5.33 Å². The van der Waals surface area contributed by atoms with Crippen LogP contribution in [-0.2, 0) is 7.05 Å². The highest BCUT2D eigenvalue weighted by atomic mass is 79.9. The summed E-state index contributed by atoms with van der Waals surface area (Å²) in [5, 5.41) is 14.3. The number of halogens is 1. The number of nitro groups is 1. The summed E-state index contributed by atoms with van der Waals surface area (Å²) in [5.74, 6) is -0.285. The maximum atomic E-state index is 11.9. The summed E-state index contributed by atoms with van der Waals surface area (Å²) in [4.78, 5) is 22.0. The first-order chi connectivity index (χ1) is 8.45. The maximum absolute atomic E-state index is 11.9. The topological polar surface area (TPSA) is 77.2 Å². The molecule has 0 aliphatic carbocycles. The van der Waals surface area contributed by atoms with Gasteiger partial charge < -0.3 is 9.88 Å². The third kappa shape index (κ3) is 3.83. The molecule has 0 radical (unpaired) electrons. The first-order valence-corrected chi connectivity index (χ1v) is 6.75. The van der Waals surface area contributed by atoms with Crippen LogP contribution >= 0.6 is 15.9 Å². The molecule has 0 saturated heterocycles. The number of nitrogens with one attached hydrogen (secondary N) is 1. The number of nitrogens with zero attached hydrogens (tertiary/aromatic N) is 2. The zero-order chi connectivity index (χ0) is 13.7. The van der Waals surface area contributed by atoms with Crippen molar-refractivity contribution in [2.45, 2.75) is 25.8 Å². The number of amides is 1. The fourth-order valence-corrected chi connectivity index (χ4v) is 1.95.